The van der Waals surface area contributed by atoms with Gasteiger partial charge in [-0.1, -0.05) is 15.9 Å². The largest absolute Gasteiger partial charge is 0.331 e. The number of aryl methyl sites for hydroxylation is 1. The average molecular weight is 408 g/mol. The molecule has 0 aliphatic heterocycles. The maximum atomic E-state index is 12.4. The van der Waals surface area contributed by atoms with Crippen LogP contribution in [0.4, 0.5) is 5.69 Å². The van der Waals surface area contributed by atoms with Gasteiger partial charge in [-0.3, -0.25) is 18.7 Å². The number of benzene rings is 1. The molecule has 3 aromatic rings. The first-order chi connectivity index (χ1) is 11.4. The van der Waals surface area contributed by atoms with Crippen molar-refractivity contribution in [1.82, 2.24) is 9.13 Å². The molecule has 1 N–H and O–H groups in total. The van der Waals surface area contributed by atoms with Crippen LogP contribution in [0.5, 0.6) is 0 Å². The lowest BCUT2D eigenvalue weighted by molar-refractivity contribution is -0.116. The van der Waals surface area contributed by atoms with Gasteiger partial charge in [-0.2, -0.15) is 0 Å². The summed E-state index contributed by atoms with van der Waals surface area (Å²) < 4.78 is 3.73. The van der Waals surface area contributed by atoms with Gasteiger partial charge >= 0.3 is 5.69 Å². The van der Waals surface area contributed by atoms with Crippen molar-refractivity contribution < 1.29 is 4.79 Å². The zero-order valence-electron chi connectivity index (χ0n) is 13.0. The third-order valence-electron chi connectivity index (χ3n) is 3.72. The molecule has 0 atom stereocenters. The number of thiophene rings is 1. The van der Waals surface area contributed by atoms with Crippen molar-refractivity contribution in [3.63, 3.8) is 0 Å². The van der Waals surface area contributed by atoms with Gasteiger partial charge in [0, 0.05) is 17.2 Å². The number of hydrogen-bond donors (Lipinski definition) is 1. The summed E-state index contributed by atoms with van der Waals surface area (Å²) in [5.74, 6) is -0.325. The summed E-state index contributed by atoms with van der Waals surface area (Å²) in [5, 5.41) is 4.54. The van der Waals surface area contributed by atoms with E-state index in [-0.39, 0.29) is 18.0 Å². The van der Waals surface area contributed by atoms with Crippen LogP contribution < -0.4 is 16.6 Å². The second-order valence-electron chi connectivity index (χ2n) is 5.38. The van der Waals surface area contributed by atoms with Crippen LogP contribution in [0.3, 0.4) is 0 Å². The Labute approximate surface area is 149 Å². The number of rotatable bonds is 3. The summed E-state index contributed by atoms with van der Waals surface area (Å²) in [6.07, 6.45) is 0. The van der Waals surface area contributed by atoms with Crippen LogP contribution in [0.15, 0.2) is 43.7 Å². The lowest BCUT2D eigenvalue weighted by Gasteiger charge is -2.12. The third-order valence-corrected chi connectivity index (χ3v) is 5.10. The topological polar surface area (TPSA) is 73.1 Å². The first-order valence-corrected chi connectivity index (χ1v) is 8.79. The van der Waals surface area contributed by atoms with Gasteiger partial charge in [0.15, 0.2) is 0 Å². The zero-order chi connectivity index (χ0) is 17.4. The number of anilines is 1. The highest BCUT2D eigenvalue weighted by molar-refractivity contribution is 9.10. The molecule has 2 heterocycles. The van der Waals surface area contributed by atoms with Gasteiger partial charge in [0.2, 0.25) is 5.91 Å². The minimum atomic E-state index is -0.506. The highest BCUT2D eigenvalue weighted by Gasteiger charge is 2.15. The smallest absolute Gasteiger partial charge is 0.324 e. The second-order valence-corrected chi connectivity index (χ2v) is 7.21. The number of nitrogens with zero attached hydrogens (tertiary/aromatic N) is 2. The molecule has 1 amide bonds. The van der Waals surface area contributed by atoms with E-state index in [0.29, 0.717) is 15.9 Å². The molecule has 24 heavy (non-hydrogen) atoms. The molecule has 0 fully saturated rings. The summed E-state index contributed by atoms with van der Waals surface area (Å²) in [4.78, 5) is 36.8. The van der Waals surface area contributed by atoms with E-state index in [2.05, 4.69) is 21.2 Å². The fourth-order valence-corrected chi connectivity index (χ4v) is 3.80. The predicted molar refractivity (Wildman–Crippen MR) is 98.8 cm³/mol. The summed E-state index contributed by atoms with van der Waals surface area (Å²) in [7, 11) is 1.41. The molecule has 0 aliphatic rings. The number of carbonyl (C=O) groups is 1. The predicted octanol–water partition coefficient (Wildman–Crippen LogP) is 2.47. The van der Waals surface area contributed by atoms with Crippen molar-refractivity contribution in [2.75, 3.05) is 5.32 Å². The molecule has 2 aromatic heterocycles. The van der Waals surface area contributed by atoms with Gasteiger partial charge in [0.05, 0.1) is 5.52 Å². The van der Waals surface area contributed by atoms with Crippen molar-refractivity contribution >= 4 is 49.1 Å². The van der Waals surface area contributed by atoms with Crippen molar-refractivity contribution in [3.8, 4) is 0 Å². The van der Waals surface area contributed by atoms with Gasteiger partial charge in [0.1, 0.15) is 11.2 Å². The monoisotopic (exact) mass is 407 g/mol. The Bertz CT molecular complexity index is 1060. The van der Waals surface area contributed by atoms with Gasteiger partial charge < -0.3 is 5.32 Å². The van der Waals surface area contributed by atoms with Crippen LogP contribution in [-0.2, 0) is 18.4 Å². The molecule has 3 rings (SSSR count). The van der Waals surface area contributed by atoms with E-state index in [1.807, 2.05) is 19.1 Å². The Morgan fingerprint density at radius 3 is 2.75 bits per heavy atom. The Morgan fingerprint density at radius 2 is 2.04 bits per heavy atom. The zero-order valence-corrected chi connectivity index (χ0v) is 15.4. The number of nitrogens with one attached hydrogen (secondary N) is 1. The van der Waals surface area contributed by atoms with Crippen molar-refractivity contribution in [2.24, 2.45) is 7.05 Å². The molecular weight excluding hydrogens is 394 g/mol. The van der Waals surface area contributed by atoms with Crippen molar-refractivity contribution in [1.29, 1.82) is 0 Å². The Kier molecular flexibility index (Phi) is 4.42. The Balaban J connectivity index is 1.95. The molecule has 0 unspecified atom stereocenters. The molecule has 0 aliphatic carbocycles. The van der Waals surface area contributed by atoms with Gasteiger partial charge in [-0.05, 0) is 42.1 Å². The Morgan fingerprint density at radius 1 is 1.29 bits per heavy atom. The van der Waals surface area contributed by atoms with Gasteiger partial charge in [0.25, 0.3) is 5.56 Å². The van der Waals surface area contributed by atoms with E-state index in [9.17, 15) is 14.4 Å². The average Bonchev–Trinajstić information content (AvgIpc) is 3.02. The molecule has 0 saturated heterocycles. The number of aromatic nitrogens is 2. The minimum absolute atomic E-state index is 0.157. The number of halogens is 1. The lowest BCUT2D eigenvalue weighted by Crippen LogP contribution is -2.39. The summed E-state index contributed by atoms with van der Waals surface area (Å²) in [6.45, 7) is 1.73. The van der Waals surface area contributed by atoms with E-state index in [1.165, 1.54) is 23.0 Å². The Hall–Kier alpha value is -2.19. The second kappa shape index (κ2) is 6.37. The normalized spacial score (nSPS) is 11.0. The van der Waals surface area contributed by atoms with E-state index < -0.39 is 5.69 Å². The lowest BCUT2D eigenvalue weighted by atomic mass is 10.2. The van der Waals surface area contributed by atoms with E-state index in [0.717, 1.165) is 14.6 Å². The first kappa shape index (κ1) is 16.7. The van der Waals surface area contributed by atoms with Gasteiger partial charge in [-0.15, -0.1) is 11.3 Å². The van der Waals surface area contributed by atoms with Crippen molar-refractivity contribution in [2.45, 2.75) is 13.5 Å². The summed E-state index contributed by atoms with van der Waals surface area (Å²) in [6, 6.07) is 7.20. The van der Waals surface area contributed by atoms with Crippen LogP contribution in [-0.4, -0.2) is 15.0 Å². The molecular formula is C16H14BrN3O3S. The molecule has 0 saturated carbocycles. The number of hydrogen-bond acceptors (Lipinski definition) is 4. The van der Waals surface area contributed by atoms with E-state index >= 15 is 0 Å². The van der Waals surface area contributed by atoms with E-state index in [1.54, 1.807) is 17.5 Å². The van der Waals surface area contributed by atoms with Crippen LogP contribution in [0.25, 0.3) is 10.2 Å². The van der Waals surface area contributed by atoms with Crippen LogP contribution >= 0.6 is 27.3 Å². The SMILES string of the molecule is Cc1cc(Br)ccc1NC(=O)Cn1c(=O)n(C)c(=O)c2sccc21. The molecule has 124 valence electrons. The summed E-state index contributed by atoms with van der Waals surface area (Å²) >= 11 is 4.63. The maximum absolute atomic E-state index is 12.4. The highest BCUT2D eigenvalue weighted by Crippen LogP contribution is 2.20. The minimum Gasteiger partial charge on any atom is -0.324 e. The van der Waals surface area contributed by atoms with Gasteiger partial charge in [-0.25, -0.2) is 4.79 Å². The fourth-order valence-electron chi connectivity index (χ4n) is 2.45. The first-order valence-electron chi connectivity index (χ1n) is 7.11. The fraction of sp³-hybridized carbons (Fsp3) is 0.188. The molecule has 0 spiro atoms. The van der Waals surface area contributed by atoms with Crippen molar-refractivity contribution in [3.05, 3.63) is 60.5 Å². The maximum Gasteiger partial charge on any atom is 0.331 e. The number of fused-ring (bicyclic) bond motifs is 1. The third kappa shape index (κ3) is 2.94. The highest BCUT2D eigenvalue weighted by atomic mass is 79.9. The molecule has 1 aromatic carbocycles. The molecule has 8 heteroatoms. The number of amides is 1. The quantitative estimate of drug-likeness (QED) is 0.724. The van der Waals surface area contributed by atoms with E-state index in [4.69, 9.17) is 0 Å². The number of carbonyl (C=O) groups excluding carboxylic acids is 1. The summed E-state index contributed by atoms with van der Waals surface area (Å²) in [5.41, 5.74) is 1.23. The van der Waals surface area contributed by atoms with Crippen LogP contribution in [0.1, 0.15) is 5.56 Å². The van der Waals surface area contributed by atoms with Crippen LogP contribution in [0.2, 0.25) is 0 Å². The molecule has 0 radical (unpaired) electrons. The standard InChI is InChI=1S/C16H14BrN3O3S/c1-9-7-10(17)3-4-11(9)18-13(21)8-20-12-5-6-24-14(12)15(22)19(2)16(20)23/h3-7H,8H2,1-2H3,(H,18,21). The molecule has 0 bridgehead atoms. The van der Waals surface area contributed by atoms with Crippen LogP contribution in [0, 0.1) is 6.92 Å². The molecule has 6 nitrogen and oxygen atoms in total.